The summed E-state index contributed by atoms with van der Waals surface area (Å²) in [6.45, 7) is 8.12. The Bertz CT molecular complexity index is 384. The second-order valence-electron chi connectivity index (χ2n) is 5.29. The van der Waals surface area contributed by atoms with Crippen LogP contribution in [0.25, 0.3) is 0 Å². The minimum absolute atomic E-state index is 0.00895. The molecular weight excluding hydrogens is 202 g/mol. The fourth-order valence-corrected chi connectivity index (χ4v) is 2.05. The van der Waals surface area contributed by atoms with Crippen LogP contribution in [0.3, 0.4) is 0 Å². The molecule has 1 atom stereocenters. The van der Waals surface area contributed by atoms with Crippen LogP contribution in [-0.2, 0) is 17.8 Å². The van der Waals surface area contributed by atoms with Crippen LogP contribution in [0.5, 0.6) is 0 Å². The van der Waals surface area contributed by atoms with Gasteiger partial charge >= 0.3 is 0 Å². The molecule has 88 valence electrons. The molecule has 1 aromatic heterocycles. The molecule has 1 N–H and O–H groups in total. The van der Waals surface area contributed by atoms with Gasteiger partial charge in [0.25, 0.3) is 0 Å². The Morgan fingerprint density at radius 3 is 2.75 bits per heavy atom. The summed E-state index contributed by atoms with van der Waals surface area (Å²) < 4.78 is 5.52. The van der Waals surface area contributed by atoms with E-state index in [0.717, 1.165) is 24.6 Å². The van der Waals surface area contributed by atoms with Crippen molar-refractivity contribution in [3.8, 4) is 0 Å². The molecule has 0 aliphatic carbocycles. The van der Waals surface area contributed by atoms with Crippen molar-refractivity contribution in [2.45, 2.75) is 40.0 Å². The van der Waals surface area contributed by atoms with E-state index in [0.29, 0.717) is 0 Å². The predicted molar refractivity (Wildman–Crippen MR) is 61.8 cm³/mol. The molecule has 0 saturated carbocycles. The number of hydrogen-bond acceptors (Lipinski definition) is 4. The first-order valence-electron chi connectivity index (χ1n) is 5.60. The third kappa shape index (κ3) is 2.08. The molecule has 1 aromatic rings. The second kappa shape index (κ2) is 4.11. The van der Waals surface area contributed by atoms with Crippen LogP contribution >= 0.6 is 0 Å². The molecule has 4 heteroatoms. The number of rotatable bonds is 2. The number of ether oxygens (including phenoxy) is 1. The van der Waals surface area contributed by atoms with Gasteiger partial charge in [0.1, 0.15) is 6.10 Å². The van der Waals surface area contributed by atoms with E-state index in [4.69, 9.17) is 4.74 Å². The molecule has 0 spiro atoms. The lowest BCUT2D eigenvalue weighted by molar-refractivity contribution is 0.00850. The summed E-state index contributed by atoms with van der Waals surface area (Å²) in [5, 5.41) is 3.27. The van der Waals surface area contributed by atoms with E-state index < -0.39 is 0 Å². The standard InChI is InChI=1S/C12H19N3O/c1-12(2,3)10(16-4)11-14-6-8-5-13-7-9(8)15-11/h6,10,13H,5,7H2,1-4H3. The van der Waals surface area contributed by atoms with Crippen LogP contribution in [0.15, 0.2) is 6.20 Å². The van der Waals surface area contributed by atoms with Crippen molar-refractivity contribution < 1.29 is 4.74 Å². The minimum Gasteiger partial charge on any atom is -0.373 e. The molecule has 0 aromatic carbocycles. The van der Waals surface area contributed by atoms with Crippen LogP contribution in [0.4, 0.5) is 0 Å². The van der Waals surface area contributed by atoms with E-state index in [1.165, 1.54) is 5.56 Å². The van der Waals surface area contributed by atoms with Gasteiger partial charge in [0.15, 0.2) is 5.82 Å². The van der Waals surface area contributed by atoms with Crippen LogP contribution in [0.1, 0.15) is 44.0 Å². The highest BCUT2D eigenvalue weighted by atomic mass is 16.5. The molecule has 1 unspecified atom stereocenters. The maximum Gasteiger partial charge on any atom is 0.157 e. The average Bonchev–Trinajstić information content (AvgIpc) is 2.63. The van der Waals surface area contributed by atoms with Gasteiger partial charge in [-0.15, -0.1) is 0 Å². The van der Waals surface area contributed by atoms with Crippen molar-refractivity contribution in [2.24, 2.45) is 5.41 Å². The lowest BCUT2D eigenvalue weighted by Gasteiger charge is -2.28. The van der Waals surface area contributed by atoms with Gasteiger partial charge in [-0.25, -0.2) is 9.97 Å². The van der Waals surface area contributed by atoms with Gasteiger partial charge < -0.3 is 10.1 Å². The highest BCUT2D eigenvalue weighted by Gasteiger charge is 2.29. The molecule has 0 saturated heterocycles. The summed E-state index contributed by atoms with van der Waals surface area (Å²) in [7, 11) is 1.71. The minimum atomic E-state index is -0.0570. The van der Waals surface area contributed by atoms with Crippen molar-refractivity contribution in [1.29, 1.82) is 0 Å². The smallest absolute Gasteiger partial charge is 0.157 e. The van der Waals surface area contributed by atoms with Crippen molar-refractivity contribution in [3.63, 3.8) is 0 Å². The van der Waals surface area contributed by atoms with E-state index in [1.807, 2.05) is 6.20 Å². The second-order valence-corrected chi connectivity index (χ2v) is 5.29. The lowest BCUT2D eigenvalue weighted by atomic mass is 9.88. The monoisotopic (exact) mass is 221 g/mol. The maximum absolute atomic E-state index is 5.52. The van der Waals surface area contributed by atoms with Gasteiger partial charge in [-0.1, -0.05) is 20.8 Å². The van der Waals surface area contributed by atoms with Crippen molar-refractivity contribution in [2.75, 3.05) is 7.11 Å². The van der Waals surface area contributed by atoms with E-state index in [9.17, 15) is 0 Å². The quantitative estimate of drug-likeness (QED) is 0.827. The molecule has 4 nitrogen and oxygen atoms in total. The summed E-state index contributed by atoms with van der Waals surface area (Å²) in [5.74, 6) is 0.789. The molecule has 0 radical (unpaired) electrons. The third-order valence-electron chi connectivity index (χ3n) is 2.84. The average molecular weight is 221 g/mol. The highest BCUT2D eigenvalue weighted by Crippen LogP contribution is 2.33. The number of hydrogen-bond donors (Lipinski definition) is 1. The topological polar surface area (TPSA) is 47.0 Å². The molecule has 2 heterocycles. The zero-order valence-corrected chi connectivity index (χ0v) is 10.4. The maximum atomic E-state index is 5.52. The molecule has 0 fully saturated rings. The first-order valence-corrected chi connectivity index (χ1v) is 5.60. The summed E-state index contributed by atoms with van der Waals surface area (Å²) in [6.07, 6.45) is 1.86. The van der Waals surface area contributed by atoms with E-state index in [1.54, 1.807) is 7.11 Å². The zero-order chi connectivity index (χ0) is 11.8. The SMILES string of the molecule is COC(c1ncc2c(n1)CNC2)C(C)(C)C. The summed E-state index contributed by atoms with van der Waals surface area (Å²) >= 11 is 0. The van der Waals surface area contributed by atoms with Gasteiger partial charge in [-0.05, 0) is 5.41 Å². The van der Waals surface area contributed by atoms with E-state index in [-0.39, 0.29) is 11.5 Å². The van der Waals surface area contributed by atoms with Crippen LogP contribution < -0.4 is 5.32 Å². The molecule has 1 aliphatic heterocycles. The molecule has 1 aliphatic rings. The van der Waals surface area contributed by atoms with Gasteiger partial charge in [-0.2, -0.15) is 0 Å². The Hall–Kier alpha value is -1.00. The zero-order valence-electron chi connectivity index (χ0n) is 10.4. The number of nitrogens with zero attached hydrogens (tertiary/aromatic N) is 2. The van der Waals surface area contributed by atoms with Crippen molar-refractivity contribution >= 4 is 0 Å². The molecule has 0 amide bonds. The summed E-state index contributed by atoms with van der Waals surface area (Å²) in [6, 6.07) is 0. The van der Waals surface area contributed by atoms with E-state index >= 15 is 0 Å². The number of methoxy groups -OCH3 is 1. The number of fused-ring (bicyclic) bond motifs is 1. The normalized spacial score (nSPS) is 17.2. The van der Waals surface area contributed by atoms with Crippen molar-refractivity contribution in [1.82, 2.24) is 15.3 Å². The summed E-state index contributed by atoms with van der Waals surface area (Å²) in [5.41, 5.74) is 2.32. The largest absolute Gasteiger partial charge is 0.373 e. The van der Waals surface area contributed by atoms with Gasteiger partial charge in [0.05, 0.1) is 5.69 Å². The molecule has 2 rings (SSSR count). The number of nitrogens with one attached hydrogen (secondary N) is 1. The van der Waals surface area contributed by atoms with Gasteiger partial charge in [-0.3, -0.25) is 0 Å². The van der Waals surface area contributed by atoms with Crippen molar-refractivity contribution in [3.05, 3.63) is 23.3 Å². The molecule has 16 heavy (non-hydrogen) atoms. The van der Waals surface area contributed by atoms with E-state index in [2.05, 4.69) is 36.1 Å². The predicted octanol–water partition coefficient (Wildman–Crippen LogP) is 1.81. The lowest BCUT2D eigenvalue weighted by Crippen LogP contribution is -2.22. The van der Waals surface area contributed by atoms with Crippen LogP contribution in [0.2, 0.25) is 0 Å². The highest BCUT2D eigenvalue weighted by molar-refractivity contribution is 5.22. The Kier molecular flexibility index (Phi) is 2.95. The first-order chi connectivity index (χ1) is 7.52. The summed E-state index contributed by atoms with van der Waals surface area (Å²) in [4.78, 5) is 9.00. The van der Waals surface area contributed by atoms with Crippen LogP contribution in [-0.4, -0.2) is 17.1 Å². The van der Waals surface area contributed by atoms with Gasteiger partial charge in [0.2, 0.25) is 0 Å². The Balaban J connectivity index is 2.33. The number of aromatic nitrogens is 2. The van der Waals surface area contributed by atoms with Crippen LogP contribution in [0, 0.1) is 5.41 Å². The molecular formula is C12H19N3O. The fourth-order valence-electron chi connectivity index (χ4n) is 2.05. The first kappa shape index (κ1) is 11.5. The Morgan fingerprint density at radius 2 is 2.12 bits per heavy atom. The van der Waals surface area contributed by atoms with Gasteiger partial charge in [0, 0.05) is 32.0 Å². The molecule has 0 bridgehead atoms. The Labute approximate surface area is 96.4 Å². The fraction of sp³-hybridized carbons (Fsp3) is 0.667. The Morgan fingerprint density at radius 1 is 1.38 bits per heavy atom. The third-order valence-corrected chi connectivity index (χ3v) is 2.84.